The quantitative estimate of drug-likeness (QED) is 0.560. The molecule has 27 heavy (non-hydrogen) atoms. The third kappa shape index (κ3) is 3.40. The molecule has 0 aromatic heterocycles. The lowest BCUT2D eigenvalue weighted by Crippen LogP contribution is -2.27. The van der Waals surface area contributed by atoms with Crippen molar-refractivity contribution in [2.45, 2.75) is 26.7 Å². The van der Waals surface area contributed by atoms with Crippen molar-refractivity contribution in [2.75, 3.05) is 7.11 Å². The van der Waals surface area contributed by atoms with Gasteiger partial charge in [-0.05, 0) is 57.9 Å². The average Bonchev–Trinajstić information content (AvgIpc) is 2.67. The number of carbonyl (C=O) groups excluding carboxylic acids is 1. The Hall–Kier alpha value is -2.87. The molecule has 4 rings (SSSR count). The second-order valence-electron chi connectivity index (χ2n) is 8.09. The first kappa shape index (κ1) is 17.5. The van der Waals surface area contributed by atoms with Crippen molar-refractivity contribution in [3.8, 4) is 28.0 Å². The maximum atomic E-state index is 13.0. The second kappa shape index (κ2) is 6.70. The summed E-state index contributed by atoms with van der Waals surface area (Å²) >= 11 is 0. The molecule has 0 saturated heterocycles. The van der Waals surface area contributed by atoms with Crippen LogP contribution in [0.1, 0.15) is 36.2 Å². The van der Waals surface area contributed by atoms with Crippen molar-refractivity contribution >= 4 is 5.78 Å². The SMILES string of the molecule is COc1ccc(-c2cc(-c3ccccc3)cc3c2C(=O)CC(C)(C)C3)cc1. The zero-order valence-corrected chi connectivity index (χ0v) is 16.1. The van der Waals surface area contributed by atoms with Crippen LogP contribution in [0.4, 0.5) is 0 Å². The molecule has 2 heteroatoms. The lowest BCUT2D eigenvalue weighted by Gasteiger charge is -2.32. The Bertz CT molecular complexity index is 983. The van der Waals surface area contributed by atoms with Crippen LogP contribution >= 0.6 is 0 Å². The van der Waals surface area contributed by atoms with Crippen LogP contribution in [0.15, 0.2) is 66.7 Å². The highest BCUT2D eigenvalue weighted by atomic mass is 16.5. The van der Waals surface area contributed by atoms with Gasteiger partial charge >= 0.3 is 0 Å². The van der Waals surface area contributed by atoms with Gasteiger partial charge in [-0.25, -0.2) is 0 Å². The Morgan fingerprint density at radius 3 is 2.19 bits per heavy atom. The minimum atomic E-state index is -0.00340. The first-order valence-electron chi connectivity index (χ1n) is 9.37. The summed E-state index contributed by atoms with van der Waals surface area (Å²) in [6.45, 7) is 4.35. The first-order valence-corrected chi connectivity index (χ1v) is 9.37. The van der Waals surface area contributed by atoms with E-state index in [2.05, 4.69) is 50.2 Å². The number of ketones is 1. The number of hydrogen-bond acceptors (Lipinski definition) is 2. The minimum Gasteiger partial charge on any atom is -0.497 e. The summed E-state index contributed by atoms with van der Waals surface area (Å²) in [5.41, 5.74) is 6.45. The van der Waals surface area contributed by atoms with Crippen LogP contribution in [0.3, 0.4) is 0 Å². The van der Waals surface area contributed by atoms with Gasteiger partial charge in [0.1, 0.15) is 5.75 Å². The molecule has 0 amide bonds. The number of hydrogen-bond donors (Lipinski definition) is 0. The van der Waals surface area contributed by atoms with E-state index >= 15 is 0 Å². The number of benzene rings is 3. The Morgan fingerprint density at radius 2 is 1.52 bits per heavy atom. The maximum absolute atomic E-state index is 13.0. The minimum absolute atomic E-state index is 0.00340. The van der Waals surface area contributed by atoms with Crippen molar-refractivity contribution in [3.05, 3.63) is 77.9 Å². The molecule has 0 radical (unpaired) electrons. The molecule has 3 aromatic carbocycles. The molecular formula is C25H24O2. The van der Waals surface area contributed by atoms with Crippen molar-refractivity contribution < 1.29 is 9.53 Å². The zero-order chi connectivity index (χ0) is 19.0. The summed E-state index contributed by atoms with van der Waals surface area (Å²) in [5.74, 6) is 1.06. The number of rotatable bonds is 3. The highest BCUT2D eigenvalue weighted by Crippen LogP contribution is 2.41. The zero-order valence-electron chi connectivity index (χ0n) is 16.1. The number of Topliss-reactive ketones (excluding diaryl/α,β-unsaturated/α-hetero) is 1. The monoisotopic (exact) mass is 356 g/mol. The molecule has 2 nitrogen and oxygen atoms in total. The van der Waals surface area contributed by atoms with Gasteiger partial charge in [-0.1, -0.05) is 62.4 Å². The summed E-state index contributed by atoms with van der Waals surface area (Å²) in [5, 5.41) is 0. The lowest BCUT2D eigenvalue weighted by atomic mass is 9.71. The molecule has 0 fully saturated rings. The Balaban J connectivity index is 1.94. The van der Waals surface area contributed by atoms with Crippen LogP contribution < -0.4 is 4.74 Å². The van der Waals surface area contributed by atoms with Crippen LogP contribution in [-0.4, -0.2) is 12.9 Å². The molecule has 0 saturated carbocycles. The molecule has 1 aliphatic carbocycles. The fourth-order valence-electron chi connectivity index (χ4n) is 4.07. The van der Waals surface area contributed by atoms with Gasteiger partial charge in [0.2, 0.25) is 0 Å². The average molecular weight is 356 g/mol. The van der Waals surface area contributed by atoms with Gasteiger partial charge in [0.25, 0.3) is 0 Å². The van der Waals surface area contributed by atoms with E-state index in [9.17, 15) is 4.79 Å². The topological polar surface area (TPSA) is 26.3 Å². The van der Waals surface area contributed by atoms with E-state index in [1.807, 2.05) is 30.3 Å². The van der Waals surface area contributed by atoms with E-state index in [1.165, 1.54) is 5.56 Å². The molecule has 0 unspecified atom stereocenters. The van der Waals surface area contributed by atoms with Gasteiger partial charge in [-0.3, -0.25) is 4.79 Å². The number of methoxy groups -OCH3 is 1. The summed E-state index contributed by atoms with van der Waals surface area (Å²) in [6, 6.07) is 22.7. The fourth-order valence-corrected chi connectivity index (χ4v) is 4.07. The van der Waals surface area contributed by atoms with Crippen LogP contribution in [0, 0.1) is 5.41 Å². The van der Waals surface area contributed by atoms with Crippen molar-refractivity contribution in [3.63, 3.8) is 0 Å². The maximum Gasteiger partial charge on any atom is 0.164 e. The third-order valence-electron chi connectivity index (χ3n) is 5.32. The van der Waals surface area contributed by atoms with E-state index in [0.29, 0.717) is 6.42 Å². The van der Waals surface area contributed by atoms with Crippen molar-refractivity contribution in [1.29, 1.82) is 0 Å². The van der Waals surface area contributed by atoms with Gasteiger partial charge in [0.15, 0.2) is 5.78 Å². The van der Waals surface area contributed by atoms with Crippen LogP contribution in [-0.2, 0) is 6.42 Å². The number of ether oxygens (including phenoxy) is 1. The molecule has 0 spiro atoms. The molecule has 0 heterocycles. The van der Waals surface area contributed by atoms with Gasteiger partial charge in [-0.15, -0.1) is 0 Å². The molecule has 136 valence electrons. The van der Waals surface area contributed by atoms with Crippen molar-refractivity contribution in [1.82, 2.24) is 0 Å². The predicted octanol–water partition coefficient (Wildman–Crippen LogP) is 6.18. The summed E-state index contributed by atoms with van der Waals surface area (Å²) in [4.78, 5) is 13.0. The lowest BCUT2D eigenvalue weighted by molar-refractivity contribution is 0.0913. The molecule has 0 N–H and O–H groups in total. The van der Waals surface area contributed by atoms with Gasteiger partial charge in [0, 0.05) is 12.0 Å². The second-order valence-corrected chi connectivity index (χ2v) is 8.09. The first-order chi connectivity index (χ1) is 13.0. The van der Waals surface area contributed by atoms with E-state index in [0.717, 1.165) is 40.0 Å². The Kier molecular flexibility index (Phi) is 4.35. The summed E-state index contributed by atoms with van der Waals surface area (Å²) < 4.78 is 5.29. The molecule has 0 aliphatic heterocycles. The Morgan fingerprint density at radius 1 is 0.815 bits per heavy atom. The smallest absolute Gasteiger partial charge is 0.164 e. The predicted molar refractivity (Wildman–Crippen MR) is 110 cm³/mol. The van der Waals surface area contributed by atoms with E-state index in [1.54, 1.807) is 7.11 Å². The van der Waals surface area contributed by atoms with Crippen LogP contribution in [0.2, 0.25) is 0 Å². The third-order valence-corrected chi connectivity index (χ3v) is 5.32. The highest BCUT2D eigenvalue weighted by molar-refractivity contribution is 6.06. The van der Waals surface area contributed by atoms with E-state index in [-0.39, 0.29) is 11.2 Å². The molecule has 0 bridgehead atoms. The number of fused-ring (bicyclic) bond motifs is 1. The van der Waals surface area contributed by atoms with E-state index < -0.39 is 0 Å². The standard InChI is InChI=1S/C25H24O2/c1-25(2)15-20-13-19(17-7-5-4-6-8-17)14-22(24(20)23(26)16-25)18-9-11-21(27-3)12-10-18/h4-14H,15-16H2,1-3H3. The summed E-state index contributed by atoms with van der Waals surface area (Å²) in [6.07, 6.45) is 1.51. The number of carbonyl (C=O) groups is 1. The summed E-state index contributed by atoms with van der Waals surface area (Å²) in [7, 11) is 1.67. The van der Waals surface area contributed by atoms with Crippen molar-refractivity contribution in [2.24, 2.45) is 5.41 Å². The van der Waals surface area contributed by atoms with Gasteiger partial charge in [-0.2, -0.15) is 0 Å². The van der Waals surface area contributed by atoms with E-state index in [4.69, 9.17) is 4.74 Å². The molecule has 0 atom stereocenters. The molecular weight excluding hydrogens is 332 g/mol. The highest BCUT2D eigenvalue weighted by Gasteiger charge is 2.33. The molecule has 1 aliphatic rings. The molecule has 3 aromatic rings. The van der Waals surface area contributed by atoms with Gasteiger partial charge < -0.3 is 4.74 Å². The normalized spacial score (nSPS) is 15.3. The van der Waals surface area contributed by atoms with Gasteiger partial charge in [0.05, 0.1) is 7.11 Å². The van der Waals surface area contributed by atoms with Crippen LogP contribution in [0.5, 0.6) is 5.75 Å². The largest absolute Gasteiger partial charge is 0.497 e. The Labute approximate surface area is 160 Å². The van der Waals surface area contributed by atoms with Crippen LogP contribution in [0.25, 0.3) is 22.3 Å². The fraction of sp³-hybridized carbons (Fsp3) is 0.240.